The Labute approximate surface area is 207 Å². The molecule has 1 aromatic carbocycles. The zero-order valence-corrected chi connectivity index (χ0v) is 22.6. The Morgan fingerprint density at radius 1 is 1.25 bits per heavy atom. The Bertz CT molecular complexity index is 1020. The van der Waals surface area contributed by atoms with Crippen LogP contribution in [0.2, 0.25) is 0 Å². The molecule has 0 aliphatic carbocycles. The number of pyridine rings is 1. The quantitative estimate of drug-likeness (QED) is 0.162. The number of halogens is 4. The molecule has 4 nitrogen and oxygen atoms in total. The monoisotopic (exact) mass is 664 g/mol. The lowest BCUT2D eigenvalue weighted by molar-refractivity contribution is 0.738. The molecule has 0 fully saturated rings. The molecule has 1 aromatic heterocycles. The van der Waals surface area contributed by atoms with Gasteiger partial charge in [0.15, 0.2) is 5.11 Å². The number of benzene rings is 1. The summed E-state index contributed by atoms with van der Waals surface area (Å²) in [7, 11) is 1.79. The van der Waals surface area contributed by atoms with Gasteiger partial charge in [-0.05, 0) is 94.1 Å². The van der Waals surface area contributed by atoms with Crippen LogP contribution in [0, 0.1) is 23.3 Å². The van der Waals surface area contributed by atoms with E-state index in [-0.39, 0.29) is 0 Å². The van der Waals surface area contributed by atoms with Crippen molar-refractivity contribution in [2.45, 2.75) is 23.3 Å². The maximum Gasteiger partial charge on any atom is 0.184 e. The molecule has 0 atom stereocenters. The standard InChI is InChI=1S/C18H12Br4N4S2/c1-3-4-7-26(2)18(27)24-11-5-6-12(10(8-11)9-23)28-17-15(21)13(19)14(20)16(22)25-17/h5-6,8H,3H2,1-2H3,(H,24,27). The van der Waals surface area contributed by atoms with E-state index >= 15 is 0 Å². The van der Waals surface area contributed by atoms with E-state index in [9.17, 15) is 5.26 Å². The second-order valence-electron chi connectivity index (χ2n) is 5.21. The predicted molar refractivity (Wildman–Crippen MR) is 132 cm³/mol. The molecule has 0 amide bonds. The first kappa shape index (κ1) is 23.7. The highest BCUT2D eigenvalue weighted by Gasteiger charge is 2.16. The second-order valence-corrected chi connectivity index (χ2v) is 9.75. The summed E-state index contributed by atoms with van der Waals surface area (Å²) in [6, 6.07) is 10.7. The van der Waals surface area contributed by atoms with Gasteiger partial charge >= 0.3 is 0 Å². The zero-order chi connectivity index (χ0) is 20.8. The molecule has 1 heterocycles. The van der Waals surface area contributed by atoms with Crippen molar-refractivity contribution in [3.8, 4) is 18.0 Å². The average molecular weight is 668 g/mol. The fourth-order valence-electron chi connectivity index (χ4n) is 1.88. The van der Waals surface area contributed by atoms with Gasteiger partial charge < -0.3 is 5.32 Å². The fraction of sp³-hybridized carbons (Fsp3) is 0.167. The van der Waals surface area contributed by atoms with Gasteiger partial charge in [0, 0.05) is 30.1 Å². The third-order valence-electron chi connectivity index (χ3n) is 3.24. The van der Waals surface area contributed by atoms with Crippen molar-refractivity contribution >= 4 is 98.5 Å². The molecule has 0 spiro atoms. The first-order valence-electron chi connectivity index (χ1n) is 7.73. The Morgan fingerprint density at radius 2 is 1.96 bits per heavy atom. The summed E-state index contributed by atoms with van der Waals surface area (Å²) in [5.74, 6) is 2.96. The number of anilines is 1. The van der Waals surface area contributed by atoms with E-state index < -0.39 is 0 Å². The molecule has 0 unspecified atom stereocenters. The van der Waals surface area contributed by atoms with Gasteiger partial charge in [-0.25, -0.2) is 4.98 Å². The summed E-state index contributed by atoms with van der Waals surface area (Å²) in [5, 5.41) is 13.9. The fourth-order valence-corrected chi connectivity index (χ4v) is 5.28. The number of rotatable bonds is 3. The van der Waals surface area contributed by atoms with E-state index in [1.807, 2.05) is 19.1 Å². The van der Waals surface area contributed by atoms with Gasteiger partial charge in [0.1, 0.15) is 15.7 Å². The van der Waals surface area contributed by atoms with Gasteiger partial charge in [-0.3, -0.25) is 4.90 Å². The summed E-state index contributed by atoms with van der Waals surface area (Å²) >= 11 is 20.7. The largest absolute Gasteiger partial charge is 0.332 e. The first-order chi connectivity index (χ1) is 13.3. The minimum absolute atomic E-state index is 0.468. The molecule has 10 heteroatoms. The number of hydrogen-bond acceptors (Lipinski definition) is 4. The maximum atomic E-state index is 9.59. The van der Waals surface area contributed by atoms with Gasteiger partial charge in [0.05, 0.1) is 19.0 Å². The van der Waals surface area contributed by atoms with Gasteiger partial charge in [0.25, 0.3) is 0 Å². The normalized spacial score (nSPS) is 9.89. The van der Waals surface area contributed by atoms with Crippen molar-refractivity contribution < 1.29 is 0 Å². The minimum atomic E-state index is 0.468. The van der Waals surface area contributed by atoms with E-state index in [0.29, 0.717) is 15.3 Å². The number of nitrogens with one attached hydrogen (secondary N) is 1. The molecule has 144 valence electrons. The first-order valence-corrected chi connectivity index (χ1v) is 12.1. The third-order valence-corrected chi connectivity index (χ3v) is 9.45. The van der Waals surface area contributed by atoms with Crippen LogP contribution in [-0.2, 0) is 0 Å². The van der Waals surface area contributed by atoms with Gasteiger partial charge in [0.2, 0.25) is 0 Å². The molecule has 0 radical (unpaired) electrons. The Balaban J connectivity index is 2.28. The smallest absolute Gasteiger partial charge is 0.184 e. The lowest BCUT2D eigenvalue weighted by Gasteiger charge is -2.15. The molecule has 2 rings (SSSR count). The van der Waals surface area contributed by atoms with Crippen LogP contribution >= 0.6 is 87.7 Å². The molecular formula is C18H12Br4N4S2. The van der Waals surface area contributed by atoms with E-state index in [4.69, 9.17) is 12.2 Å². The van der Waals surface area contributed by atoms with Crippen LogP contribution < -0.4 is 5.32 Å². The highest BCUT2D eigenvalue weighted by Crippen LogP contribution is 2.43. The summed E-state index contributed by atoms with van der Waals surface area (Å²) in [4.78, 5) is 6.94. The summed E-state index contributed by atoms with van der Waals surface area (Å²) < 4.78 is 3.13. The molecule has 2 aromatic rings. The average Bonchev–Trinajstić information content (AvgIpc) is 2.69. The Kier molecular flexibility index (Phi) is 9.26. The highest BCUT2D eigenvalue weighted by atomic mass is 79.9. The summed E-state index contributed by atoms with van der Waals surface area (Å²) in [6.45, 7) is 1.97. The summed E-state index contributed by atoms with van der Waals surface area (Å²) in [5.41, 5.74) is 1.24. The molecule has 28 heavy (non-hydrogen) atoms. The SMILES string of the molecule is CCC#CN(C)C(=S)Nc1ccc(Sc2nc(Br)c(Br)c(Br)c2Br)c(C#N)c1. The van der Waals surface area contributed by atoms with Crippen molar-refractivity contribution in [1.29, 1.82) is 5.26 Å². The van der Waals surface area contributed by atoms with Crippen molar-refractivity contribution in [3.05, 3.63) is 41.8 Å². The van der Waals surface area contributed by atoms with Crippen LogP contribution in [0.15, 0.2) is 46.1 Å². The van der Waals surface area contributed by atoms with E-state index in [0.717, 1.165) is 35.4 Å². The van der Waals surface area contributed by atoms with Crippen molar-refractivity contribution in [2.24, 2.45) is 0 Å². The van der Waals surface area contributed by atoms with E-state index in [2.05, 4.69) is 92.1 Å². The second kappa shape index (κ2) is 11.0. The minimum Gasteiger partial charge on any atom is -0.332 e. The maximum absolute atomic E-state index is 9.59. The van der Waals surface area contributed by atoms with Crippen LogP contribution in [0.25, 0.3) is 0 Å². The van der Waals surface area contributed by atoms with Crippen LogP contribution in [0.1, 0.15) is 18.9 Å². The number of thiocarbonyl (C=S) groups is 1. The predicted octanol–water partition coefficient (Wildman–Crippen LogP) is 7.15. The van der Waals surface area contributed by atoms with Gasteiger partial charge in [-0.1, -0.05) is 24.6 Å². The molecular weight excluding hydrogens is 656 g/mol. The van der Waals surface area contributed by atoms with Gasteiger partial charge in [-0.2, -0.15) is 5.26 Å². The summed E-state index contributed by atoms with van der Waals surface area (Å²) in [6.07, 6.45) is 0.753. The third kappa shape index (κ3) is 5.94. The molecule has 0 aliphatic rings. The number of nitrogens with zero attached hydrogens (tertiary/aromatic N) is 3. The number of aromatic nitrogens is 1. The number of hydrogen-bond donors (Lipinski definition) is 1. The molecule has 0 aliphatic heterocycles. The lowest BCUT2D eigenvalue weighted by Crippen LogP contribution is -2.26. The Morgan fingerprint density at radius 3 is 2.61 bits per heavy atom. The van der Waals surface area contributed by atoms with Crippen molar-refractivity contribution in [3.63, 3.8) is 0 Å². The van der Waals surface area contributed by atoms with E-state index in [1.165, 1.54) is 11.8 Å². The van der Waals surface area contributed by atoms with Crippen LogP contribution in [0.4, 0.5) is 5.69 Å². The van der Waals surface area contributed by atoms with Crippen LogP contribution in [0.3, 0.4) is 0 Å². The molecule has 0 saturated heterocycles. The number of nitriles is 1. The van der Waals surface area contributed by atoms with Gasteiger partial charge in [-0.15, -0.1) is 0 Å². The van der Waals surface area contributed by atoms with E-state index in [1.54, 1.807) is 18.0 Å². The lowest BCUT2D eigenvalue weighted by atomic mass is 10.2. The van der Waals surface area contributed by atoms with Crippen LogP contribution in [0.5, 0.6) is 0 Å². The Hall–Kier alpha value is -0.620. The molecule has 1 N–H and O–H groups in total. The molecule has 0 saturated carbocycles. The topological polar surface area (TPSA) is 52.0 Å². The molecule has 0 bridgehead atoms. The zero-order valence-electron chi connectivity index (χ0n) is 14.6. The van der Waals surface area contributed by atoms with Crippen LogP contribution in [-0.4, -0.2) is 22.0 Å². The van der Waals surface area contributed by atoms with Crippen molar-refractivity contribution in [2.75, 3.05) is 12.4 Å². The van der Waals surface area contributed by atoms with Crippen molar-refractivity contribution in [1.82, 2.24) is 9.88 Å². The highest BCUT2D eigenvalue weighted by molar-refractivity contribution is 9.15.